The molecule has 1 aromatic rings. The molecule has 66 valence electrons. The van der Waals surface area contributed by atoms with Crippen molar-refractivity contribution < 1.29 is 0 Å². The molecule has 0 spiro atoms. The van der Waals surface area contributed by atoms with Crippen molar-refractivity contribution in [3.63, 3.8) is 0 Å². The Balaban J connectivity index is 1.97. The second-order valence-electron chi connectivity index (χ2n) is 3.26. The number of nitrogens with two attached hydrogens (primary N) is 1. The average molecular weight is 183 g/mol. The molecule has 1 aliphatic heterocycles. The minimum atomic E-state index is 0.382. The Labute approximate surface area is 76.2 Å². The van der Waals surface area contributed by atoms with Gasteiger partial charge in [-0.25, -0.2) is 4.98 Å². The van der Waals surface area contributed by atoms with Gasteiger partial charge in [-0.05, 0) is 6.92 Å². The fraction of sp³-hybridized carbons (Fsp3) is 0.625. The Morgan fingerprint density at radius 3 is 3.00 bits per heavy atom. The van der Waals surface area contributed by atoms with Crippen LogP contribution in [0.25, 0.3) is 0 Å². The molecular weight excluding hydrogens is 170 g/mol. The molecule has 0 aromatic carbocycles. The van der Waals surface area contributed by atoms with Crippen LogP contribution in [-0.2, 0) is 0 Å². The number of nitrogens with zero attached hydrogens (tertiary/aromatic N) is 2. The SMILES string of the molecule is CC(c1nccs1)N1CC(N)C1. The van der Waals surface area contributed by atoms with Crippen LogP contribution >= 0.6 is 11.3 Å². The molecule has 0 bridgehead atoms. The number of rotatable bonds is 2. The zero-order chi connectivity index (χ0) is 8.55. The van der Waals surface area contributed by atoms with Crippen LogP contribution in [-0.4, -0.2) is 29.0 Å². The van der Waals surface area contributed by atoms with Gasteiger partial charge in [0.05, 0.1) is 6.04 Å². The number of hydrogen-bond acceptors (Lipinski definition) is 4. The summed E-state index contributed by atoms with van der Waals surface area (Å²) in [5, 5.41) is 3.22. The third-order valence-electron chi connectivity index (χ3n) is 2.29. The van der Waals surface area contributed by atoms with Crippen LogP contribution in [0.5, 0.6) is 0 Å². The molecule has 1 aliphatic rings. The van der Waals surface area contributed by atoms with Crippen LogP contribution in [0.4, 0.5) is 0 Å². The van der Waals surface area contributed by atoms with E-state index >= 15 is 0 Å². The monoisotopic (exact) mass is 183 g/mol. The first kappa shape index (κ1) is 8.16. The van der Waals surface area contributed by atoms with E-state index in [1.807, 2.05) is 11.6 Å². The molecule has 1 fully saturated rings. The molecule has 2 rings (SSSR count). The highest BCUT2D eigenvalue weighted by atomic mass is 32.1. The van der Waals surface area contributed by atoms with Crippen molar-refractivity contribution in [3.05, 3.63) is 16.6 Å². The summed E-state index contributed by atoms with van der Waals surface area (Å²) >= 11 is 1.72. The lowest BCUT2D eigenvalue weighted by Crippen LogP contribution is -2.56. The van der Waals surface area contributed by atoms with Crippen molar-refractivity contribution in [1.82, 2.24) is 9.88 Å². The maximum Gasteiger partial charge on any atom is 0.109 e. The van der Waals surface area contributed by atoms with Crippen molar-refractivity contribution in [2.45, 2.75) is 19.0 Å². The van der Waals surface area contributed by atoms with Crippen LogP contribution in [0.2, 0.25) is 0 Å². The maximum atomic E-state index is 5.70. The van der Waals surface area contributed by atoms with Crippen LogP contribution in [0.3, 0.4) is 0 Å². The second kappa shape index (κ2) is 3.12. The minimum absolute atomic E-state index is 0.382. The molecule has 0 saturated carbocycles. The smallest absolute Gasteiger partial charge is 0.109 e. The first-order valence-corrected chi connectivity index (χ1v) is 5.04. The summed E-state index contributed by atoms with van der Waals surface area (Å²) in [6.07, 6.45) is 1.86. The molecule has 0 amide bonds. The Morgan fingerprint density at radius 2 is 2.50 bits per heavy atom. The van der Waals surface area contributed by atoms with E-state index in [2.05, 4.69) is 16.8 Å². The molecule has 2 N–H and O–H groups in total. The minimum Gasteiger partial charge on any atom is -0.325 e. The highest BCUT2D eigenvalue weighted by molar-refractivity contribution is 7.09. The molecular formula is C8H13N3S. The number of thiazole rings is 1. The van der Waals surface area contributed by atoms with Crippen LogP contribution in [0.15, 0.2) is 11.6 Å². The highest BCUT2D eigenvalue weighted by Gasteiger charge is 2.28. The van der Waals surface area contributed by atoms with Crippen LogP contribution in [0, 0.1) is 0 Å². The molecule has 0 radical (unpaired) electrons. The standard InChI is InChI=1S/C8H13N3S/c1-6(8-10-2-3-12-8)11-4-7(9)5-11/h2-3,6-7H,4-5,9H2,1H3. The zero-order valence-corrected chi connectivity index (χ0v) is 7.92. The van der Waals surface area contributed by atoms with Crippen molar-refractivity contribution >= 4 is 11.3 Å². The third-order valence-corrected chi connectivity index (χ3v) is 3.24. The van der Waals surface area contributed by atoms with Gasteiger partial charge in [-0.2, -0.15) is 0 Å². The Kier molecular flexibility index (Phi) is 2.12. The molecule has 2 heterocycles. The summed E-state index contributed by atoms with van der Waals surface area (Å²) in [4.78, 5) is 6.63. The van der Waals surface area contributed by atoms with Gasteiger partial charge >= 0.3 is 0 Å². The van der Waals surface area contributed by atoms with E-state index in [0.29, 0.717) is 12.1 Å². The third kappa shape index (κ3) is 1.37. The van der Waals surface area contributed by atoms with Crippen molar-refractivity contribution in [3.8, 4) is 0 Å². The van der Waals surface area contributed by atoms with E-state index in [1.54, 1.807) is 11.3 Å². The van der Waals surface area contributed by atoms with Crippen molar-refractivity contribution in [1.29, 1.82) is 0 Å². The summed E-state index contributed by atoms with van der Waals surface area (Å²) in [7, 11) is 0. The number of hydrogen-bond donors (Lipinski definition) is 1. The number of likely N-dealkylation sites (tertiary alicyclic amines) is 1. The summed E-state index contributed by atoms with van der Waals surface area (Å²) in [6.45, 7) is 4.21. The van der Waals surface area contributed by atoms with Gasteiger partial charge in [0, 0.05) is 30.7 Å². The van der Waals surface area contributed by atoms with E-state index in [-0.39, 0.29) is 0 Å². The summed E-state index contributed by atoms with van der Waals surface area (Å²) in [5.41, 5.74) is 5.70. The van der Waals surface area contributed by atoms with Crippen LogP contribution in [0.1, 0.15) is 18.0 Å². The lowest BCUT2D eigenvalue weighted by Gasteiger charge is -2.40. The Hall–Kier alpha value is -0.450. The fourth-order valence-electron chi connectivity index (χ4n) is 1.46. The molecule has 0 aliphatic carbocycles. The predicted molar refractivity (Wildman–Crippen MR) is 50.1 cm³/mol. The molecule has 1 aromatic heterocycles. The van der Waals surface area contributed by atoms with Crippen LogP contribution < -0.4 is 5.73 Å². The van der Waals surface area contributed by atoms with Gasteiger partial charge < -0.3 is 5.73 Å². The topological polar surface area (TPSA) is 42.2 Å². The molecule has 1 atom stereocenters. The van der Waals surface area contributed by atoms with E-state index in [0.717, 1.165) is 13.1 Å². The van der Waals surface area contributed by atoms with Crippen molar-refractivity contribution in [2.24, 2.45) is 5.73 Å². The van der Waals surface area contributed by atoms with Crippen molar-refractivity contribution in [2.75, 3.05) is 13.1 Å². The molecule has 4 heteroatoms. The van der Waals surface area contributed by atoms with Gasteiger partial charge in [0.25, 0.3) is 0 Å². The van der Waals surface area contributed by atoms with E-state index in [9.17, 15) is 0 Å². The predicted octanol–water partition coefficient (Wildman–Crippen LogP) is 0.847. The average Bonchev–Trinajstić information content (AvgIpc) is 2.49. The van der Waals surface area contributed by atoms with Gasteiger partial charge in [-0.15, -0.1) is 11.3 Å². The van der Waals surface area contributed by atoms with Gasteiger partial charge in [-0.1, -0.05) is 0 Å². The van der Waals surface area contributed by atoms with Gasteiger partial charge in [0.1, 0.15) is 5.01 Å². The second-order valence-corrected chi connectivity index (χ2v) is 4.19. The molecule has 3 nitrogen and oxygen atoms in total. The summed E-state index contributed by atoms with van der Waals surface area (Å²) in [5.74, 6) is 0. The maximum absolute atomic E-state index is 5.70. The Bertz CT molecular complexity index is 241. The Morgan fingerprint density at radius 1 is 1.75 bits per heavy atom. The molecule has 1 saturated heterocycles. The number of aromatic nitrogens is 1. The summed E-state index contributed by atoms with van der Waals surface area (Å²) in [6, 6.07) is 0.831. The first-order valence-electron chi connectivity index (χ1n) is 4.16. The normalized spacial score (nSPS) is 22.2. The first-order chi connectivity index (χ1) is 5.77. The zero-order valence-electron chi connectivity index (χ0n) is 7.10. The lowest BCUT2D eigenvalue weighted by atomic mass is 10.1. The molecule has 1 unspecified atom stereocenters. The quantitative estimate of drug-likeness (QED) is 0.739. The van der Waals surface area contributed by atoms with E-state index in [1.165, 1.54) is 5.01 Å². The van der Waals surface area contributed by atoms with Gasteiger partial charge in [0.15, 0.2) is 0 Å². The van der Waals surface area contributed by atoms with E-state index < -0.39 is 0 Å². The largest absolute Gasteiger partial charge is 0.325 e. The van der Waals surface area contributed by atoms with E-state index in [4.69, 9.17) is 5.73 Å². The van der Waals surface area contributed by atoms with Gasteiger partial charge in [0.2, 0.25) is 0 Å². The highest BCUT2D eigenvalue weighted by Crippen LogP contribution is 2.25. The fourth-order valence-corrected chi connectivity index (χ4v) is 2.19. The molecule has 12 heavy (non-hydrogen) atoms. The lowest BCUT2D eigenvalue weighted by molar-refractivity contribution is 0.103. The van der Waals surface area contributed by atoms with Gasteiger partial charge in [-0.3, -0.25) is 4.90 Å². The summed E-state index contributed by atoms with van der Waals surface area (Å²) < 4.78 is 0.